The van der Waals surface area contributed by atoms with Gasteiger partial charge < -0.3 is 5.32 Å². The molecule has 1 aromatic carbocycles. The van der Waals surface area contributed by atoms with E-state index in [-0.39, 0.29) is 11.8 Å². The van der Waals surface area contributed by atoms with Gasteiger partial charge in [0.2, 0.25) is 11.1 Å². The number of carbonyl (C=O) groups excluding carboxylic acids is 1. The summed E-state index contributed by atoms with van der Waals surface area (Å²) in [6, 6.07) is 9.03. The second-order valence-electron chi connectivity index (χ2n) is 6.23. The van der Waals surface area contributed by atoms with Crippen molar-refractivity contribution in [1.29, 1.82) is 0 Å². The molecule has 2 N–H and O–H groups in total. The lowest BCUT2D eigenvalue weighted by Crippen LogP contribution is -2.11. The van der Waals surface area contributed by atoms with Crippen LogP contribution in [0.3, 0.4) is 0 Å². The van der Waals surface area contributed by atoms with Gasteiger partial charge in [-0.2, -0.15) is 0 Å². The summed E-state index contributed by atoms with van der Waals surface area (Å²) in [7, 11) is 0. The zero-order chi connectivity index (χ0) is 18.7. The molecule has 0 saturated heterocycles. The van der Waals surface area contributed by atoms with Crippen LogP contribution in [0.2, 0.25) is 0 Å². The molecule has 8 heteroatoms. The third-order valence-electron chi connectivity index (χ3n) is 3.54. The molecule has 3 rings (SSSR count). The first-order valence-electron chi connectivity index (χ1n) is 8.25. The SMILES string of the molecule is Cc1cc(C)nc(Nc2ccc(C(=O)Nc3nnc(C(C)C)s3)cc2)n1. The Morgan fingerprint density at radius 3 is 2.27 bits per heavy atom. The number of rotatable bonds is 5. The monoisotopic (exact) mass is 368 g/mol. The van der Waals surface area contributed by atoms with Gasteiger partial charge in [0.15, 0.2) is 0 Å². The highest BCUT2D eigenvalue weighted by Crippen LogP contribution is 2.23. The maximum absolute atomic E-state index is 12.3. The van der Waals surface area contributed by atoms with E-state index in [0.717, 1.165) is 22.1 Å². The second-order valence-corrected chi connectivity index (χ2v) is 7.24. The maximum Gasteiger partial charge on any atom is 0.257 e. The molecule has 2 aromatic heterocycles. The molecular weight excluding hydrogens is 348 g/mol. The van der Waals surface area contributed by atoms with Gasteiger partial charge in [0, 0.05) is 28.6 Å². The van der Waals surface area contributed by atoms with Gasteiger partial charge in [-0.3, -0.25) is 10.1 Å². The highest BCUT2D eigenvalue weighted by atomic mass is 32.1. The van der Waals surface area contributed by atoms with Crippen LogP contribution in [-0.2, 0) is 0 Å². The van der Waals surface area contributed by atoms with Gasteiger partial charge in [0.1, 0.15) is 5.01 Å². The van der Waals surface area contributed by atoms with Crippen LogP contribution in [0.4, 0.5) is 16.8 Å². The number of aromatic nitrogens is 4. The number of aryl methyl sites for hydroxylation is 2. The minimum absolute atomic E-state index is 0.217. The van der Waals surface area contributed by atoms with Crippen LogP contribution in [0.25, 0.3) is 0 Å². The number of amides is 1. The lowest BCUT2D eigenvalue weighted by Gasteiger charge is -2.07. The third-order valence-corrected chi connectivity index (χ3v) is 4.68. The van der Waals surface area contributed by atoms with E-state index in [0.29, 0.717) is 16.6 Å². The van der Waals surface area contributed by atoms with E-state index in [1.165, 1.54) is 11.3 Å². The van der Waals surface area contributed by atoms with Crippen LogP contribution in [0.5, 0.6) is 0 Å². The van der Waals surface area contributed by atoms with Crippen LogP contribution in [0.1, 0.15) is 46.5 Å². The van der Waals surface area contributed by atoms with Gasteiger partial charge in [0.05, 0.1) is 0 Å². The van der Waals surface area contributed by atoms with E-state index in [1.54, 1.807) is 12.1 Å². The highest BCUT2D eigenvalue weighted by Gasteiger charge is 2.12. The Kier molecular flexibility index (Phi) is 5.22. The number of hydrogen-bond donors (Lipinski definition) is 2. The van der Waals surface area contributed by atoms with E-state index in [9.17, 15) is 4.79 Å². The smallest absolute Gasteiger partial charge is 0.257 e. The standard InChI is InChI=1S/C18H20N6OS/c1-10(2)16-23-24-18(26-16)22-15(25)13-5-7-14(8-6-13)21-17-19-11(3)9-12(4)20-17/h5-10H,1-4H3,(H,19,20,21)(H,22,24,25). The summed E-state index contributed by atoms with van der Waals surface area (Å²) < 4.78 is 0. The van der Waals surface area contributed by atoms with Crippen molar-refractivity contribution in [3.63, 3.8) is 0 Å². The van der Waals surface area contributed by atoms with E-state index < -0.39 is 0 Å². The molecule has 26 heavy (non-hydrogen) atoms. The zero-order valence-corrected chi connectivity index (χ0v) is 15.9. The van der Waals surface area contributed by atoms with Crippen molar-refractivity contribution in [2.24, 2.45) is 0 Å². The van der Waals surface area contributed by atoms with E-state index in [4.69, 9.17) is 0 Å². The minimum atomic E-state index is -0.217. The Morgan fingerprint density at radius 2 is 1.69 bits per heavy atom. The van der Waals surface area contributed by atoms with Gasteiger partial charge in [-0.05, 0) is 44.2 Å². The molecule has 0 spiro atoms. The van der Waals surface area contributed by atoms with Crippen molar-refractivity contribution in [2.45, 2.75) is 33.6 Å². The van der Waals surface area contributed by atoms with Crippen LogP contribution >= 0.6 is 11.3 Å². The van der Waals surface area contributed by atoms with Crippen LogP contribution in [-0.4, -0.2) is 26.1 Å². The van der Waals surface area contributed by atoms with Crippen LogP contribution < -0.4 is 10.6 Å². The topological polar surface area (TPSA) is 92.7 Å². The molecule has 0 saturated carbocycles. The van der Waals surface area contributed by atoms with E-state index in [1.807, 2.05) is 45.9 Å². The predicted molar refractivity (Wildman–Crippen MR) is 103 cm³/mol. The van der Waals surface area contributed by atoms with Gasteiger partial charge >= 0.3 is 0 Å². The summed E-state index contributed by atoms with van der Waals surface area (Å²) in [5.41, 5.74) is 3.14. The number of anilines is 3. The van der Waals surface area contributed by atoms with Gasteiger partial charge in [-0.15, -0.1) is 10.2 Å². The van der Waals surface area contributed by atoms with Gasteiger partial charge in [0.25, 0.3) is 5.91 Å². The molecule has 1 amide bonds. The van der Waals surface area contributed by atoms with Crippen molar-refractivity contribution >= 4 is 34.0 Å². The van der Waals surface area contributed by atoms with E-state index in [2.05, 4.69) is 30.8 Å². The van der Waals surface area contributed by atoms with Gasteiger partial charge in [-0.1, -0.05) is 25.2 Å². The molecule has 2 heterocycles. The lowest BCUT2D eigenvalue weighted by atomic mass is 10.2. The Bertz CT molecular complexity index is 899. The summed E-state index contributed by atoms with van der Waals surface area (Å²) in [4.78, 5) is 21.0. The largest absolute Gasteiger partial charge is 0.324 e. The Hall–Kier alpha value is -2.87. The number of hydrogen-bond acceptors (Lipinski definition) is 7. The molecule has 3 aromatic rings. The van der Waals surface area contributed by atoms with Crippen molar-refractivity contribution in [1.82, 2.24) is 20.2 Å². The van der Waals surface area contributed by atoms with Crippen molar-refractivity contribution in [3.05, 3.63) is 52.3 Å². The molecule has 0 aliphatic heterocycles. The molecule has 134 valence electrons. The van der Waals surface area contributed by atoms with E-state index >= 15 is 0 Å². The summed E-state index contributed by atoms with van der Waals surface area (Å²) in [6.07, 6.45) is 0. The molecule has 0 fully saturated rings. The van der Waals surface area contributed by atoms with Crippen LogP contribution in [0.15, 0.2) is 30.3 Å². The number of nitrogens with zero attached hydrogens (tertiary/aromatic N) is 4. The predicted octanol–water partition coefficient (Wildman–Crippen LogP) is 4.06. The maximum atomic E-state index is 12.3. The van der Waals surface area contributed by atoms with Crippen LogP contribution in [0, 0.1) is 13.8 Å². The second kappa shape index (κ2) is 7.57. The quantitative estimate of drug-likeness (QED) is 0.705. The average molecular weight is 368 g/mol. The summed E-state index contributed by atoms with van der Waals surface area (Å²) in [5.74, 6) is 0.608. The Morgan fingerprint density at radius 1 is 1.04 bits per heavy atom. The van der Waals surface area contributed by atoms with Gasteiger partial charge in [-0.25, -0.2) is 9.97 Å². The molecule has 0 atom stereocenters. The van der Waals surface area contributed by atoms with Crippen molar-refractivity contribution < 1.29 is 4.79 Å². The molecule has 0 radical (unpaired) electrons. The summed E-state index contributed by atoms with van der Waals surface area (Å²) in [5, 5.41) is 15.4. The Labute approximate surface area is 155 Å². The highest BCUT2D eigenvalue weighted by molar-refractivity contribution is 7.15. The van der Waals surface area contributed by atoms with Crippen molar-refractivity contribution in [3.8, 4) is 0 Å². The molecule has 0 unspecified atom stereocenters. The Balaban J connectivity index is 1.67. The number of nitrogens with one attached hydrogen (secondary N) is 2. The fraction of sp³-hybridized carbons (Fsp3) is 0.278. The number of benzene rings is 1. The fourth-order valence-electron chi connectivity index (χ4n) is 2.30. The molecule has 7 nitrogen and oxygen atoms in total. The first-order chi connectivity index (χ1) is 12.4. The molecule has 0 aliphatic rings. The molecular formula is C18H20N6OS. The average Bonchev–Trinajstić information content (AvgIpc) is 3.03. The first kappa shape index (κ1) is 17.9. The zero-order valence-electron chi connectivity index (χ0n) is 15.1. The first-order valence-corrected chi connectivity index (χ1v) is 9.06. The third kappa shape index (κ3) is 4.40. The van der Waals surface area contributed by atoms with Crippen molar-refractivity contribution in [2.75, 3.05) is 10.6 Å². The lowest BCUT2D eigenvalue weighted by molar-refractivity contribution is 0.102. The number of carbonyl (C=O) groups is 1. The minimum Gasteiger partial charge on any atom is -0.324 e. The molecule has 0 aliphatic carbocycles. The fourth-order valence-corrected chi connectivity index (χ4v) is 3.04. The normalized spacial score (nSPS) is 10.8. The summed E-state index contributed by atoms with van der Waals surface area (Å²) in [6.45, 7) is 7.92. The molecule has 0 bridgehead atoms. The summed E-state index contributed by atoms with van der Waals surface area (Å²) >= 11 is 1.39.